The molecule has 146 valence electrons. The van der Waals surface area contributed by atoms with Crippen molar-refractivity contribution in [1.29, 1.82) is 0 Å². The molecular formula is C18H20Cl2N2O5. The molecule has 1 unspecified atom stereocenters. The zero-order valence-corrected chi connectivity index (χ0v) is 15.9. The Balaban J connectivity index is 0.000000198. The number of nitrogens with two attached hydrogens (primary N) is 1. The first-order valence-electron chi connectivity index (χ1n) is 8.08. The van der Waals surface area contributed by atoms with Gasteiger partial charge >= 0.3 is 5.97 Å². The molecule has 0 amide bonds. The number of hydrogen-bond acceptors (Lipinski definition) is 6. The van der Waals surface area contributed by atoms with E-state index < -0.39 is 16.3 Å². The maximum absolute atomic E-state index is 10.7. The summed E-state index contributed by atoms with van der Waals surface area (Å²) in [5.41, 5.74) is 7.69. The minimum absolute atomic E-state index is 0.0162. The number of rotatable bonds is 6. The summed E-state index contributed by atoms with van der Waals surface area (Å²) in [6.45, 7) is 0.783. The highest BCUT2D eigenvalue weighted by atomic mass is 35.5. The van der Waals surface area contributed by atoms with E-state index in [1.54, 1.807) is 30.5 Å². The number of nitrogens with zero attached hydrogens (tertiary/aromatic N) is 1. The fourth-order valence-corrected chi connectivity index (χ4v) is 2.83. The van der Waals surface area contributed by atoms with Crippen LogP contribution in [0.5, 0.6) is 5.88 Å². The Kier molecular flexibility index (Phi) is 7.82. The van der Waals surface area contributed by atoms with Crippen molar-refractivity contribution in [3.05, 3.63) is 59.3 Å². The SMILES string of the molecule is NC(Cl)(Cl)c1ccccc1COCCO.O=C(O)C1COc2ncccc21. The number of halogens is 2. The van der Waals surface area contributed by atoms with Crippen LogP contribution in [0.15, 0.2) is 42.6 Å². The van der Waals surface area contributed by atoms with E-state index in [0.29, 0.717) is 23.6 Å². The second-order valence-electron chi connectivity index (χ2n) is 5.66. The van der Waals surface area contributed by atoms with E-state index >= 15 is 0 Å². The number of aromatic nitrogens is 1. The van der Waals surface area contributed by atoms with Gasteiger partial charge in [0, 0.05) is 17.3 Å². The van der Waals surface area contributed by atoms with Crippen LogP contribution in [0, 0.1) is 0 Å². The topological polar surface area (TPSA) is 115 Å². The molecule has 0 bridgehead atoms. The summed E-state index contributed by atoms with van der Waals surface area (Å²) in [5.74, 6) is -0.958. The van der Waals surface area contributed by atoms with Gasteiger partial charge in [0.25, 0.3) is 0 Å². The fraction of sp³-hybridized carbons (Fsp3) is 0.333. The Morgan fingerprint density at radius 3 is 2.74 bits per heavy atom. The quantitative estimate of drug-likeness (QED) is 0.377. The first-order chi connectivity index (χ1) is 12.8. The average molecular weight is 415 g/mol. The van der Waals surface area contributed by atoms with Gasteiger partial charge in [0.15, 0.2) is 4.46 Å². The van der Waals surface area contributed by atoms with Crippen molar-refractivity contribution < 1.29 is 24.5 Å². The molecule has 3 rings (SSSR count). The van der Waals surface area contributed by atoms with Gasteiger partial charge in [-0.25, -0.2) is 4.98 Å². The normalized spacial score (nSPS) is 15.3. The van der Waals surface area contributed by atoms with E-state index in [1.165, 1.54) is 0 Å². The Labute approximate surface area is 166 Å². The van der Waals surface area contributed by atoms with Crippen LogP contribution in [-0.2, 0) is 20.6 Å². The summed E-state index contributed by atoms with van der Waals surface area (Å²) in [4.78, 5) is 14.6. The number of aliphatic hydroxyl groups excluding tert-OH is 1. The molecule has 27 heavy (non-hydrogen) atoms. The van der Waals surface area contributed by atoms with Gasteiger partial charge in [-0.2, -0.15) is 0 Å². The summed E-state index contributed by atoms with van der Waals surface area (Å²) < 4.78 is 8.84. The molecule has 0 saturated heterocycles. The third-order valence-corrected chi connectivity index (χ3v) is 4.14. The third kappa shape index (κ3) is 6.05. The van der Waals surface area contributed by atoms with Crippen LogP contribution in [0.25, 0.3) is 0 Å². The van der Waals surface area contributed by atoms with E-state index in [2.05, 4.69) is 4.98 Å². The molecule has 1 aliphatic rings. The summed E-state index contributed by atoms with van der Waals surface area (Å²) in [6.07, 6.45) is 1.59. The zero-order valence-electron chi connectivity index (χ0n) is 14.3. The highest BCUT2D eigenvalue weighted by molar-refractivity contribution is 6.47. The molecule has 1 aliphatic heterocycles. The number of hydrogen-bond donors (Lipinski definition) is 3. The van der Waals surface area contributed by atoms with Gasteiger partial charge in [-0.15, -0.1) is 0 Å². The maximum Gasteiger partial charge on any atom is 0.314 e. The molecule has 0 saturated carbocycles. The third-order valence-electron chi connectivity index (χ3n) is 3.73. The number of carboxylic acids is 1. The van der Waals surface area contributed by atoms with Crippen LogP contribution in [0.1, 0.15) is 22.6 Å². The predicted molar refractivity (Wildman–Crippen MR) is 101 cm³/mol. The first-order valence-corrected chi connectivity index (χ1v) is 8.84. The lowest BCUT2D eigenvalue weighted by Crippen LogP contribution is -2.24. The Morgan fingerprint density at radius 1 is 1.33 bits per heavy atom. The lowest BCUT2D eigenvalue weighted by Gasteiger charge is -2.18. The number of pyridine rings is 1. The molecule has 0 spiro atoms. The lowest BCUT2D eigenvalue weighted by atomic mass is 10.0. The Hall–Kier alpha value is -1.90. The number of aliphatic hydroxyl groups is 1. The summed E-state index contributed by atoms with van der Waals surface area (Å²) in [7, 11) is 0. The number of ether oxygens (including phenoxy) is 2. The molecule has 0 aliphatic carbocycles. The second kappa shape index (κ2) is 9.87. The van der Waals surface area contributed by atoms with Gasteiger partial charge in [0.05, 0.1) is 19.8 Å². The molecule has 2 heterocycles. The molecule has 9 heteroatoms. The van der Waals surface area contributed by atoms with E-state index in [0.717, 1.165) is 5.56 Å². The molecule has 1 aromatic carbocycles. The molecule has 0 fully saturated rings. The minimum Gasteiger partial charge on any atom is -0.481 e. The van der Waals surface area contributed by atoms with Crippen molar-refractivity contribution in [3.8, 4) is 5.88 Å². The molecular weight excluding hydrogens is 395 g/mol. The molecule has 4 N–H and O–H groups in total. The number of carbonyl (C=O) groups is 1. The van der Waals surface area contributed by atoms with Crippen LogP contribution in [0.4, 0.5) is 0 Å². The molecule has 0 radical (unpaired) electrons. The number of carboxylic acid groups (broad SMARTS) is 1. The van der Waals surface area contributed by atoms with Crippen molar-refractivity contribution in [2.45, 2.75) is 17.0 Å². The predicted octanol–water partition coefficient (Wildman–Crippen LogP) is 2.38. The van der Waals surface area contributed by atoms with Gasteiger partial charge < -0.3 is 19.7 Å². The smallest absolute Gasteiger partial charge is 0.314 e. The minimum atomic E-state index is -1.42. The van der Waals surface area contributed by atoms with Gasteiger partial charge in [0.1, 0.15) is 12.5 Å². The Bertz CT molecular complexity index is 767. The highest BCUT2D eigenvalue weighted by Crippen LogP contribution is 2.31. The summed E-state index contributed by atoms with van der Waals surface area (Å²) in [6, 6.07) is 10.7. The van der Waals surface area contributed by atoms with Crippen molar-refractivity contribution in [1.82, 2.24) is 4.98 Å². The largest absolute Gasteiger partial charge is 0.481 e. The van der Waals surface area contributed by atoms with Crippen molar-refractivity contribution >= 4 is 29.2 Å². The van der Waals surface area contributed by atoms with Crippen molar-refractivity contribution in [2.75, 3.05) is 19.8 Å². The van der Waals surface area contributed by atoms with E-state index in [9.17, 15) is 4.79 Å². The van der Waals surface area contributed by atoms with E-state index in [4.69, 9.17) is 48.6 Å². The van der Waals surface area contributed by atoms with Gasteiger partial charge in [-0.05, 0) is 11.6 Å². The molecule has 1 atom stereocenters. The summed E-state index contributed by atoms with van der Waals surface area (Å²) >= 11 is 11.6. The first kappa shape index (κ1) is 21.4. The number of fused-ring (bicyclic) bond motifs is 1. The number of benzene rings is 1. The van der Waals surface area contributed by atoms with Crippen LogP contribution in [-0.4, -0.2) is 41.0 Å². The van der Waals surface area contributed by atoms with Crippen molar-refractivity contribution in [2.24, 2.45) is 5.73 Å². The standard InChI is InChI=1S/C10H13Cl2NO2.C8H7NO3/c11-10(12,13)9-4-2-1-3-8(9)7-15-6-5-14;10-8(11)6-4-12-7-5(6)2-1-3-9-7/h1-4,14H,5-7,13H2;1-3,6H,4H2,(H,10,11). The average Bonchev–Trinajstić information content (AvgIpc) is 3.06. The van der Waals surface area contributed by atoms with Crippen LogP contribution in [0.3, 0.4) is 0 Å². The lowest BCUT2D eigenvalue weighted by molar-refractivity contribution is -0.138. The fourth-order valence-electron chi connectivity index (χ4n) is 2.46. The van der Waals surface area contributed by atoms with E-state index in [1.807, 2.05) is 12.1 Å². The monoisotopic (exact) mass is 414 g/mol. The van der Waals surface area contributed by atoms with Crippen LogP contribution >= 0.6 is 23.2 Å². The van der Waals surface area contributed by atoms with Crippen LogP contribution < -0.4 is 10.5 Å². The molecule has 2 aromatic rings. The van der Waals surface area contributed by atoms with Gasteiger partial charge in [0.2, 0.25) is 5.88 Å². The van der Waals surface area contributed by atoms with Crippen molar-refractivity contribution in [3.63, 3.8) is 0 Å². The second-order valence-corrected chi connectivity index (χ2v) is 7.04. The zero-order chi connectivity index (χ0) is 19.9. The maximum atomic E-state index is 10.7. The number of alkyl halides is 2. The molecule has 1 aromatic heterocycles. The van der Waals surface area contributed by atoms with Gasteiger partial charge in [-0.3, -0.25) is 10.5 Å². The number of aliphatic carboxylic acids is 1. The molecule has 7 nitrogen and oxygen atoms in total. The summed E-state index contributed by atoms with van der Waals surface area (Å²) in [5, 5.41) is 17.3. The Morgan fingerprint density at radius 2 is 2.07 bits per heavy atom. The highest BCUT2D eigenvalue weighted by Gasteiger charge is 2.30. The van der Waals surface area contributed by atoms with E-state index in [-0.39, 0.29) is 19.8 Å². The van der Waals surface area contributed by atoms with Gasteiger partial charge in [-0.1, -0.05) is 53.5 Å². The van der Waals surface area contributed by atoms with Crippen LogP contribution in [0.2, 0.25) is 0 Å².